The molecule has 1 aromatic rings. The third-order valence-electron chi connectivity index (χ3n) is 3.79. The van der Waals surface area contributed by atoms with Crippen molar-refractivity contribution in [3.8, 4) is 11.5 Å². The summed E-state index contributed by atoms with van der Waals surface area (Å²) in [6.07, 6.45) is 0.587. The Bertz CT molecular complexity index is 457. The molecule has 0 bridgehead atoms. The van der Waals surface area contributed by atoms with Crippen LogP contribution in [-0.2, 0) is 0 Å². The van der Waals surface area contributed by atoms with E-state index in [1.54, 1.807) is 14.2 Å². The van der Waals surface area contributed by atoms with Crippen molar-refractivity contribution in [2.45, 2.75) is 26.4 Å². The number of rotatable bonds is 4. The molecule has 4 heteroatoms. The van der Waals surface area contributed by atoms with Crippen LogP contribution in [0.2, 0.25) is 0 Å². The van der Waals surface area contributed by atoms with E-state index in [4.69, 9.17) is 9.47 Å². The molecule has 0 heterocycles. The van der Waals surface area contributed by atoms with Crippen molar-refractivity contribution in [1.29, 1.82) is 0 Å². The number of halogens is 1. The topological polar surface area (TPSA) is 38.7 Å². The van der Waals surface area contributed by atoms with Gasteiger partial charge in [0.1, 0.15) is 0 Å². The minimum atomic E-state index is -0.464. The summed E-state index contributed by atoms with van der Waals surface area (Å²) in [7, 11) is 3.20. The van der Waals surface area contributed by atoms with Crippen LogP contribution in [0.3, 0.4) is 0 Å². The monoisotopic (exact) mass is 314 g/mol. The van der Waals surface area contributed by atoms with Gasteiger partial charge in [-0.15, -0.1) is 0 Å². The predicted molar refractivity (Wildman–Crippen MR) is 74.1 cm³/mol. The minimum Gasteiger partial charge on any atom is -0.493 e. The van der Waals surface area contributed by atoms with Gasteiger partial charge in [-0.25, -0.2) is 0 Å². The molecule has 1 aliphatic rings. The SMILES string of the molecule is COc1cc(Br)c(C(O)C2CC2(C)C)cc1OC. The molecular formula is C14H19BrO3. The summed E-state index contributed by atoms with van der Waals surface area (Å²) in [6.45, 7) is 4.35. The summed E-state index contributed by atoms with van der Waals surface area (Å²) in [5.74, 6) is 1.62. The maximum absolute atomic E-state index is 10.4. The standard InChI is InChI=1S/C14H19BrO3/c1-14(2)7-9(14)13(16)8-5-11(17-3)12(18-4)6-10(8)15/h5-6,9,13,16H,7H2,1-4H3. The fourth-order valence-corrected chi connectivity index (χ4v) is 2.92. The lowest BCUT2D eigenvalue weighted by molar-refractivity contribution is 0.137. The highest BCUT2D eigenvalue weighted by Crippen LogP contribution is 2.58. The Balaban J connectivity index is 2.33. The molecule has 2 atom stereocenters. The lowest BCUT2D eigenvalue weighted by atomic mass is 9.99. The van der Waals surface area contributed by atoms with E-state index in [1.807, 2.05) is 12.1 Å². The molecule has 2 rings (SSSR count). The zero-order valence-electron chi connectivity index (χ0n) is 11.2. The molecular weight excluding hydrogens is 296 g/mol. The van der Waals surface area contributed by atoms with Gasteiger partial charge in [-0.05, 0) is 35.4 Å². The number of methoxy groups -OCH3 is 2. The number of aliphatic hydroxyl groups excluding tert-OH is 1. The molecule has 0 aromatic heterocycles. The van der Waals surface area contributed by atoms with Gasteiger partial charge in [0.2, 0.25) is 0 Å². The Hall–Kier alpha value is -0.740. The van der Waals surface area contributed by atoms with Gasteiger partial charge in [0.25, 0.3) is 0 Å². The molecule has 3 nitrogen and oxygen atoms in total. The molecule has 1 aliphatic carbocycles. The van der Waals surface area contributed by atoms with Crippen LogP contribution in [0.4, 0.5) is 0 Å². The molecule has 0 saturated heterocycles. The van der Waals surface area contributed by atoms with Gasteiger partial charge in [-0.1, -0.05) is 29.8 Å². The second kappa shape index (κ2) is 4.74. The quantitative estimate of drug-likeness (QED) is 0.923. The van der Waals surface area contributed by atoms with E-state index in [1.165, 1.54) is 0 Å². The molecule has 18 heavy (non-hydrogen) atoms. The number of aliphatic hydroxyl groups is 1. The second-order valence-corrected chi connectivity index (χ2v) is 6.33. The van der Waals surface area contributed by atoms with E-state index < -0.39 is 6.10 Å². The fourth-order valence-electron chi connectivity index (χ4n) is 2.36. The second-order valence-electron chi connectivity index (χ2n) is 5.47. The molecule has 0 aliphatic heterocycles. The van der Waals surface area contributed by atoms with Crippen molar-refractivity contribution >= 4 is 15.9 Å². The van der Waals surface area contributed by atoms with Gasteiger partial charge in [0.05, 0.1) is 20.3 Å². The van der Waals surface area contributed by atoms with Crippen molar-refractivity contribution in [2.75, 3.05) is 14.2 Å². The average molecular weight is 315 g/mol. The third-order valence-corrected chi connectivity index (χ3v) is 4.48. The number of benzene rings is 1. The Morgan fingerprint density at radius 3 is 2.22 bits per heavy atom. The first kappa shape index (κ1) is 13.7. The van der Waals surface area contributed by atoms with Gasteiger partial charge in [-0.2, -0.15) is 0 Å². The lowest BCUT2D eigenvalue weighted by Gasteiger charge is -2.17. The highest BCUT2D eigenvalue weighted by molar-refractivity contribution is 9.10. The van der Waals surface area contributed by atoms with Crippen LogP contribution in [0.25, 0.3) is 0 Å². The van der Waals surface area contributed by atoms with Crippen LogP contribution >= 0.6 is 15.9 Å². The summed E-state index contributed by atoms with van der Waals surface area (Å²) in [5.41, 5.74) is 1.09. The van der Waals surface area contributed by atoms with Crippen LogP contribution in [0.5, 0.6) is 11.5 Å². The fraction of sp³-hybridized carbons (Fsp3) is 0.571. The first-order valence-electron chi connectivity index (χ1n) is 6.00. The highest BCUT2D eigenvalue weighted by atomic mass is 79.9. The maximum Gasteiger partial charge on any atom is 0.161 e. The van der Waals surface area contributed by atoms with Gasteiger partial charge in [0, 0.05) is 4.47 Å². The van der Waals surface area contributed by atoms with Crippen molar-refractivity contribution in [1.82, 2.24) is 0 Å². The maximum atomic E-state index is 10.4. The van der Waals surface area contributed by atoms with Gasteiger partial charge in [0.15, 0.2) is 11.5 Å². The van der Waals surface area contributed by atoms with E-state index >= 15 is 0 Å². The first-order chi connectivity index (χ1) is 8.40. The number of ether oxygens (including phenoxy) is 2. The molecule has 0 spiro atoms. The van der Waals surface area contributed by atoms with Crippen LogP contribution in [-0.4, -0.2) is 19.3 Å². The third kappa shape index (κ3) is 2.36. The van der Waals surface area contributed by atoms with E-state index in [9.17, 15) is 5.11 Å². The van der Waals surface area contributed by atoms with Crippen molar-refractivity contribution in [3.63, 3.8) is 0 Å². The smallest absolute Gasteiger partial charge is 0.161 e. The molecule has 0 radical (unpaired) electrons. The van der Waals surface area contributed by atoms with E-state index in [2.05, 4.69) is 29.8 Å². The first-order valence-corrected chi connectivity index (χ1v) is 6.79. The normalized spacial score (nSPS) is 22.4. The Morgan fingerprint density at radius 1 is 1.28 bits per heavy atom. The van der Waals surface area contributed by atoms with E-state index in [-0.39, 0.29) is 5.41 Å². The average Bonchev–Trinajstić information content (AvgIpc) is 2.97. The van der Waals surface area contributed by atoms with Crippen molar-refractivity contribution in [3.05, 3.63) is 22.2 Å². The van der Waals surface area contributed by atoms with E-state index in [0.717, 1.165) is 16.5 Å². The Morgan fingerprint density at radius 2 is 1.78 bits per heavy atom. The molecule has 1 fully saturated rings. The predicted octanol–water partition coefficient (Wildman–Crippen LogP) is 3.55. The summed E-state index contributed by atoms with van der Waals surface area (Å²) < 4.78 is 11.4. The van der Waals surface area contributed by atoms with Crippen LogP contribution in [0.1, 0.15) is 31.9 Å². The van der Waals surface area contributed by atoms with E-state index in [0.29, 0.717) is 17.4 Å². The minimum absolute atomic E-state index is 0.228. The van der Waals surface area contributed by atoms with Crippen molar-refractivity contribution in [2.24, 2.45) is 11.3 Å². The molecule has 2 unspecified atom stereocenters. The van der Waals surface area contributed by atoms with Crippen LogP contribution in [0.15, 0.2) is 16.6 Å². The molecule has 1 saturated carbocycles. The largest absolute Gasteiger partial charge is 0.493 e. The van der Waals surface area contributed by atoms with Crippen LogP contribution < -0.4 is 9.47 Å². The van der Waals surface area contributed by atoms with Gasteiger partial charge < -0.3 is 14.6 Å². The molecule has 0 amide bonds. The lowest BCUT2D eigenvalue weighted by Crippen LogP contribution is -2.06. The Labute approximate surface area is 116 Å². The number of hydrogen-bond donors (Lipinski definition) is 1. The van der Waals surface area contributed by atoms with Gasteiger partial charge >= 0.3 is 0 Å². The summed E-state index contributed by atoms with van der Waals surface area (Å²) >= 11 is 3.49. The van der Waals surface area contributed by atoms with Gasteiger partial charge in [-0.3, -0.25) is 0 Å². The summed E-state index contributed by atoms with van der Waals surface area (Å²) in [5, 5.41) is 10.4. The Kier molecular flexibility index (Phi) is 3.60. The highest BCUT2D eigenvalue weighted by Gasteiger charge is 2.50. The number of hydrogen-bond acceptors (Lipinski definition) is 3. The molecule has 1 N–H and O–H groups in total. The van der Waals surface area contributed by atoms with Crippen LogP contribution in [0, 0.1) is 11.3 Å². The molecule has 1 aromatic carbocycles. The molecule has 100 valence electrons. The summed E-state index contributed by atoms with van der Waals surface area (Å²) in [4.78, 5) is 0. The van der Waals surface area contributed by atoms with Crippen molar-refractivity contribution < 1.29 is 14.6 Å². The zero-order chi connectivity index (χ0) is 13.5. The zero-order valence-corrected chi connectivity index (χ0v) is 12.7. The summed E-state index contributed by atoms with van der Waals surface area (Å²) in [6, 6.07) is 3.69.